The highest BCUT2D eigenvalue weighted by atomic mass is 35.5. The van der Waals surface area contributed by atoms with E-state index < -0.39 is 0 Å². The smallest absolute Gasteiger partial charge is 0.291 e. The lowest BCUT2D eigenvalue weighted by Crippen LogP contribution is -2.55. The molecule has 0 spiro atoms. The Morgan fingerprint density at radius 1 is 1.22 bits per heavy atom. The average Bonchev–Trinajstić information content (AvgIpc) is 3.14. The molecule has 0 unspecified atom stereocenters. The maximum Gasteiger partial charge on any atom is 0.291 e. The molecule has 4 aliphatic rings. The first-order valence-electron chi connectivity index (χ1n) is 12.2. The van der Waals surface area contributed by atoms with Crippen LogP contribution in [0.2, 0.25) is 0 Å². The molecule has 1 amide bonds. The van der Waals surface area contributed by atoms with Crippen LogP contribution in [0, 0.1) is 29.1 Å². The summed E-state index contributed by atoms with van der Waals surface area (Å²) in [5, 5.41) is 7.51. The second-order valence-electron chi connectivity index (χ2n) is 10.8. The number of carbonyl (C=O) groups is 1. The highest BCUT2D eigenvalue weighted by Crippen LogP contribution is 2.53. The Hall–Kier alpha value is -0.920. The topological polar surface area (TPSA) is 90.4 Å². The van der Waals surface area contributed by atoms with E-state index in [0.29, 0.717) is 36.6 Å². The fourth-order valence-corrected chi connectivity index (χ4v) is 7.02. The highest BCUT2D eigenvalue weighted by Gasteiger charge is 2.49. The van der Waals surface area contributed by atoms with Crippen molar-refractivity contribution in [2.24, 2.45) is 34.8 Å². The number of carbonyl (C=O) groups excluding carboxylic acids is 1. The van der Waals surface area contributed by atoms with Gasteiger partial charge in [-0.2, -0.15) is 0 Å². The molecule has 4 saturated carbocycles. The molecule has 4 aliphatic carbocycles. The summed E-state index contributed by atoms with van der Waals surface area (Å²) in [5.41, 5.74) is 5.66. The van der Waals surface area contributed by atoms with Gasteiger partial charge in [0, 0.05) is 6.04 Å². The number of amides is 1. The molecule has 1 aromatic rings. The molecule has 0 radical (unpaired) electrons. The van der Waals surface area contributed by atoms with Gasteiger partial charge < -0.3 is 20.3 Å². The van der Waals surface area contributed by atoms with E-state index >= 15 is 0 Å². The number of nitrogens with two attached hydrogens (primary N) is 1. The van der Waals surface area contributed by atoms with Crippen molar-refractivity contribution in [2.75, 3.05) is 18.9 Å². The van der Waals surface area contributed by atoms with E-state index in [2.05, 4.69) is 31.2 Å². The Bertz CT molecular complexity index is 742. The summed E-state index contributed by atoms with van der Waals surface area (Å²) >= 11 is 1.61. The molecule has 0 atom stereocenters. The minimum Gasteiger partial charge on any atom is -0.474 e. The highest BCUT2D eigenvalue weighted by molar-refractivity contribution is 7.99. The van der Waals surface area contributed by atoms with Gasteiger partial charge in [-0.15, -0.1) is 24.2 Å². The summed E-state index contributed by atoms with van der Waals surface area (Å²) in [7, 11) is 0. The Kier molecular flexibility index (Phi) is 8.84. The van der Waals surface area contributed by atoms with Crippen LogP contribution in [0.4, 0.5) is 0 Å². The van der Waals surface area contributed by atoms with Crippen molar-refractivity contribution in [1.82, 2.24) is 10.5 Å². The van der Waals surface area contributed by atoms with E-state index in [9.17, 15) is 4.79 Å². The van der Waals surface area contributed by atoms with Gasteiger partial charge in [0.25, 0.3) is 11.8 Å². The monoisotopic (exact) mass is 485 g/mol. The van der Waals surface area contributed by atoms with Crippen LogP contribution in [-0.4, -0.2) is 36.0 Å². The van der Waals surface area contributed by atoms with Crippen LogP contribution in [0.25, 0.3) is 0 Å². The summed E-state index contributed by atoms with van der Waals surface area (Å²) < 4.78 is 11.6. The molecular weight excluding hydrogens is 446 g/mol. The lowest BCUT2D eigenvalue weighted by atomic mass is 9.54. The molecule has 4 fully saturated rings. The first-order valence-corrected chi connectivity index (χ1v) is 13.1. The molecule has 0 aliphatic heterocycles. The van der Waals surface area contributed by atoms with Crippen LogP contribution in [0.5, 0.6) is 5.88 Å². The predicted octanol–water partition coefficient (Wildman–Crippen LogP) is 5.30. The Labute approximate surface area is 202 Å². The van der Waals surface area contributed by atoms with Crippen LogP contribution in [0.15, 0.2) is 9.42 Å². The van der Waals surface area contributed by atoms with E-state index in [1.165, 1.54) is 32.1 Å². The van der Waals surface area contributed by atoms with E-state index in [1.54, 1.807) is 11.8 Å². The third-order valence-electron chi connectivity index (χ3n) is 7.46. The SMILES string of the molecule is CCCSc1c(OCC(C)(C)CCCN)noc1C(=O)NC1C2CC3CC(C2)CC1C3.Cl. The van der Waals surface area contributed by atoms with Gasteiger partial charge in [-0.05, 0) is 97.9 Å². The summed E-state index contributed by atoms with van der Waals surface area (Å²) in [5.74, 6) is 4.59. The largest absolute Gasteiger partial charge is 0.474 e. The molecule has 6 nitrogen and oxygen atoms in total. The third-order valence-corrected chi connectivity index (χ3v) is 8.72. The van der Waals surface area contributed by atoms with Gasteiger partial charge in [0.15, 0.2) is 0 Å². The van der Waals surface area contributed by atoms with E-state index in [1.807, 2.05) is 0 Å². The molecular formula is C24H40ClN3O3S. The summed E-state index contributed by atoms with van der Waals surface area (Å²) in [6.45, 7) is 7.67. The zero-order chi connectivity index (χ0) is 22.0. The first kappa shape index (κ1) is 25.7. The van der Waals surface area contributed by atoms with Gasteiger partial charge in [0.2, 0.25) is 5.76 Å². The lowest BCUT2D eigenvalue weighted by Gasteiger charge is -2.54. The number of hydrogen-bond donors (Lipinski definition) is 2. The number of halogens is 1. The molecule has 1 heterocycles. The molecule has 0 saturated heterocycles. The van der Waals surface area contributed by atoms with Crippen LogP contribution >= 0.6 is 24.2 Å². The summed E-state index contributed by atoms with van der Waals surface area (Å²) in [4.78, 5) is 14.0. The molecule has 4 bridgehead atoms. The Morgan fingerprint density at radius 2 is 1.88 bits per heavy atom. The fourth-order valence-electron chi connectivity index (χ4n) is 6.13. The average molecular weight is 486 g/mol. The quantitative estimate of drug-likeness (QED) is 0.413. The van der Waals surface area contributed by atoms with Gasteiger partial charge in [0.05, 0.1) is 6.61 Å². The maximum atomic E-state index is 13.2. The molecule has 32 heavy (non-hydrogen) atoms. The van der Waals surface area contributed by atoms with Crippen molar-refractivity contribution in [3.63, 3.8) is 0 Å². The van der Waals surface area contributed by atoms with Gasteiger partial charge in [-0.1, -0.05) is 20.8 Å². The molecule has 0 aromatic carbocycles. The van der Waals surface area contributed by atoms with Crippen molar-refractivity contribution in [1.29, 1.82) is 0 Å². The number of nitrogens with one attached hydrogen (secondary N) is 1. The van der Waals surface area contributed by atoms with Crippen molar-refractivity contribution in [3.8, 4) is 5.88 Å². The molecule has 3 N–H and O–H groups in total. The minimum absolute atomic E-state index is 0. The standard InChI is InChI=1S/C24H39N3O3S.ClH/c1-4-8-31-21-20(30-27-23(21)29-14-24(2,3)6-5-7-25)22(28)26-19-17-10-15-9-16(12-17)13-18(19)11-15;/h15-19H,4-14,25H2,1-3H3,(H,26,28);1H. The Morgan fingerprint density at radius 3 is 2.47 bits per heavy atom. The van der Waals surface area contributed by atoms with Crippen molar-refractivity contribution in [2.45, 2.75) is 83.1 Å². The molecule has 8 heteroatoms. The lowest BCUT2D eigenvalue weighted by molar-refractivity contribution is -0.0124. The van der Waals surface area contributed by atoms with Crippen LogP contribution in [0.1, 0.15) is 82.7 Å². The summed E-state index contributed by atoms with van der Waals surface area (Å²) in [6, 6.07) is 0.286. The van der Waals surface area contributed by atoms with Gasteiger partial charge in [-0.25, -0.2) is 0 Å². The maximum absolute atomic E-state index is 13.2. The molecule has 182 valence electrons. The van der Waals surface area contributed by atoms with Crippen molar-refractivity contribution >= 4 is 30.1 Å². The van der Waals surface area contributed by atoms with Crippen LogP contribution in [-0.2, 0) is 0 Å². The Balaban J connectivity index is 0.00000289. The first-order chi connectivity index (χ1) is 14.9. The minimum atomic E-state index is -0.124. The van der Waals surface area contributed by atoms with E-state index in [-0.39, 0.29) is 29.8 Å². The third kappa shape index (κ3) is 5.76. The molecule has 1 aromatic heterocycles. The molecule has 5 rings (SSSR count). The zero-order valence-electron chi connectivity index (χ0n) is 19.7. The number of rotatable bonds is 11. The fraction of sp³-hybridized carbons (Fsp3) is 0.833. The van der Waals surface area contributed by atoms with Crippen molar-refractivity contribution < 1.29 is 14.1 Å². The van der Waals surface area contributed by atoms with Gasteiger partial charge >= 0.3 is 0 Å². The summed E-state index contributed by atoms with van der Waals surface area (Å²) in [6.07, 6.45) is 9.47. The van der Waals surface area contributed by atoms with Crippen molar-refractivity contribution in [3.05, 3.63) is 5.76 Å². The second-order valence-corrected chi connectivity index (χ2v) is 11.9. The van der Waals surface area contributed by atoms with Crippen LogP contribution in [0.3, 0.4) is 0 Å². The van der Waals surface area contributed by atoms with Gasteiger partial charge in [-0.3, -0.25) is 4.79 Å². The van der Waals surface area contributed by atoms with Gasteiger partial charge in [0.1, 0.15) is 4.90 Å². The number of thioether (sulfide) groups is 1. The number of aromatic nitrogens is 1. The second kappa shape index (κ2) is 11.0. The number of hydrogen-bond acceptors (Lipinski definition) is 6. The van der Waals surface area contributed by atoms with Crippen LogP contribution < -0.4 is 15.8 Å². The number of nitrogens with zero attached hydrogens (tertiary/aromatic N) is 1. The zero-order valence-corrected chi connectivity index (χ0v) is 21.4. The van der Waals surface area contributed by atoms with E-state index in [4.69, 9.17) is 15.0 Å². The normalized spacial score (nSPS) is 28.4. The number of ether oxygens (including phenoxy) is 1. The van der Waals surface area contributed by atoms with E-state index in [0.717, 1.165) is 41.7 Å². The predicted molar refractivity (Wildman–Crippen MR) is 131 cm³/mol.